The van der Waals surface area contributed by atoms with Gasteiger partial charge < -0.3 is 0 Å². The lowest BCUT2D eigenvalue weighted by Gasteiger charge is -2.20. The third-order valence-corrected chi connectivity index (χ3v) is 5.62. The molecule has 2 aromatic carbocycles. The van der Waals surface area contributed by atoms with Gasteiger partial charge in [0.25, 0.3) is 10.1 Å². The molecule has 0 aliphatic carbocycles. The van der Waals surface area contributed by atoms with Crippen LogP contribution < -0.4 is 0 Å². The van der Waals surface area contributed by atoms with Gasteiger partial charge in [0.1, 0.15) is 0 Å². The van der Waals surface area contributed by atoms with Gasteiger partial charge >= 0.3 is 0 Å². The third-order valence-electron chi connectivity index (χ3n) is 3.69. The third kappa shape index (κ3) is 4.18. The molecule has 0 aromatic heterocycles. The van der Waals surface area contributed by atoms with Crippen LogP contribution in [0.15, 0.2) is 57.9 Å². The van der Waals surface area contributed by atoms with Gasteiger partial charge in [0.05, 0.1) is 11.0 Å². The second-order valence-electron chi connectivity index (χ2n) is 5.41. The van der Waals surface area contributed by atoms with Crippen molar-refractivity contribution in [2.24, 2.45) is 0 Å². The van der Waals surface area contributed by atoms with Gasteiger partial charge in [0.2, 0.25) is 0 Å². The highest BCUT2D eigenvalue weighted by Gasteiger charge is 2.23. The molecule has 0 aliphatic rings. The zero-order valence-corrected chi connectivity index (χ0v) is 15.2. The van der Waals surface area contributed by atoms with E-state index < -0.39 is 16.2 Å². The zero-order chi connectivity index (χ0) is 16.3. The summed E-state index contributed by atoms with van der Waals surface area (Å²) in [6.07, 6.45) is -0.448. The van der Waals surface area contributed by atoms with Crippen molar-refractivity contribution in [2.75, 3.05) is 0 Å². The molecule has 2 rings (SSSR count). The van der Waals surface area contributed by atoms with E-state index in [2.05, 4.69) is 15.9 Å². The Morgan fingerprint density at radius 1 is 0.955 bits per heavy atom. The van der Waals surface area contributed by atoms with Crippen LogP contribution in [-0.4, -0.2) is 14.5 Å². The van der Waals surface area contributed by atoms with Crippen molar-refractivity contribution in [2.45, 2.75) is 37.7 Å². The van der Waals surface area contributed by atoms with E-state index in [0.717, 1.165) is 10.0 Å². The first-order chi connectivity index (χ1) is 10.3. The summed E-state index contributed by atoms with van der Waals surface area (Å²) in [5.74, 6) is -0.0224. The summed E-state index contributed by atoms with van der Waals surface area (Å²) in [4.78, 5) is 0.165. The molecule has 0 N–H and O–H groups in total. The monoisotopic (exact) mass is 382 g/mol. The summed E-state index contributed by atoms with van der Waals surface area (Å²) in [6, 6.07) is 14.5. The van der Waals surface area contributed by atoms with Crippen molar-refractivity contribution in [3.63, 3.8) is 0 Å². The summed E-state index contributed by atoms with van der Waals surface area (Å²) < 4.78 is 30.8. The van der Waals surface area contributed by atoms with Crippen molar-refractivity contribution in [1.29, 1.82) is 0 Å². The summed E-state index contributed by atoms with van der Waals surface area (Å²) in [6.45, 7) is 5.76. The molecule has 0 saturated heterocycles. The second-order valence-corrected chi connectivity index (χ2v) is 7.90. The van der Waals surface area contributed by atoms with Gasteiger partial charge in [-0.2, -0.15) is 8.42 Å². The number of benzene rings is 2. The Kier molecular flexibility index (Phi) is 5.42. The van der Waals surface area contributed by atoms with E-state index in [0.29, 0.717) is 0 Å². The maximum absolute atomic E-state index is 12.3. The molecule has 2 atom stereocenters. The van der Waals surface area contributed by atoms with E-state index >= 15 is 0 Å². The minimum atomic E-state index is -3.76. The molecular weight excluding hydrogens is 364 g/mol. The molecule has 0 radical (unpaired) electrons. The predicted octanol–water partition coefficient (Wildman–Crippen LogP) is 4.66. The quantitative estimate of drug-likeness (QED) is 0.706. The standard InChI is InChI=1S/C17H19BrO3S/c1-12-4-6-15(7-5-12)13(2)14(3)21-22(19,20)17-10-8-16(18)9-11-17/h4-11,13-14H,1-3H3/t13-,14-/m1/s1. The Bertz CT molecular complexity index is 722. The average Bonchev–Trinajstić information content (AvgIpc) is 2.47. The molecule has 0 saturated carbocycles. The highest BCUT2D eigenvalue weighted by molar-refractivity contribution is 9.10. The second kappa shape index (κ2) is 6.94. The zero-order valence-electron chi connectivity index (χ0n) is 12.8. The summed E-state index contributed by atoms with van der Waals surface area (Å²) in [5.41, 5.74) is 2.23. The van der Waals surface area contributed by atoms with E-state index in [1.807, 2.05) is 38.1 Å². The van der Waals surface area contributed by atoms with Gasteiger partial charge in [-0.05, 0) is 43.7 Å². The van der Waals surface area contributed by atoms with E-state index in [4.69, 9.17) is 4.18 Å². The van der Waals surface area contributed by atoms with Crippen LogP contribution >= 0.6 is 15.9 Å². The van der Waals surface area contributed by atoms with Gasteiger partial charge in [-0.3, -0.25) is 4.18 Å². The lowest BCUT2D eigenvalue weighted by Crippen LogP contribution is -2.21. The Morgan fingerprint density at radius 2 is 1.50 bits per heavy atom. The molecule has 22 heavy (non-hydrogen) atoms. The maximum atomic E-state index is 12.3. The van der Waals surface area contributed by atoms with Crippen molar-refractivity contribution in [3.05, 3.63) is 64.1 Å². The van der Waals surface area contributed by atoms with E-state index in [1.54, 1.807) is 19.1 Å². The minimum absolute atomic E-state index is 0.0224. The Hall–Kier alpha value is -1.17. The fourth-order valence-electron chi connectivity index (χ4n) is 2.08. The molecule has 3 nitrogen and oxygen atoms in total. The summed E-state index contributed by atoms with van der Waals surface area (Å²) >= 11 is 3.29. The van der Waals surface area contributed by atoms with E-state index in [9.17, 15) is 8.42 Å². The summed E-state index contributed by atoms with van der Waals surface area (Å²) in [5, 5.41) is 0. The van der Waals surface area contributed by atoms with Crippen LogP contribution in [0.25, 0.3) is 0 Å². The van der Waals surface area contributed by atoms with Gasteiger partial charge in [-0.15, -0.1) is 0 Å². The van der Waals surface area contributed by atoms with Crippen LogP contribution in [0.1, 0.15) is 30.9 Å². The Balaban J connectivity index is 2.14. The maximum Gasteiger partial charge on any atom is 0.297 e. The van der Waals surface area contributed by atoms with Crippen LogP contribution in [-0.2, 0) is 14.3 Å². The van der Waals surface area contributed by atoms with Gasteiger partial charge in [-0.1, -0.05) is 52.7 Å². The largest absolute Gasteiger partial charge is 0.297 e. The van der Waals surface area contributed by atoms with Crippen molar-refractivity contribution < 1.29 is 12.6 Å². The molecule has 2 aromatic rings. The predicted molar refractivity (Wildman–Crippen MR) is 91.5 cm³/mol. The van der Waals surface area contributed by atoms with Crippen LogP contribution in [0.3, 0.4) is 0 Å². The molecule has 0 fully saturated rings. The number of rotatable bonds is 5. The minimum Gasteiger partial charge on any atom is -0.263 e. The number of aryl methyl sites for hydroxylation is 1. The fraction of sp³-hybridized carbons (Fsp3) is 0.294. The molecule has 0 amide bonds. The highest BCUT2D eigenvalue weighted by atomic mass is 79.9. The van der Waals surface area contributed by atoms with Crippen LogP contribution in [0.2, 0.25) is 0 Å². The van der Waals surface area contributed by atoms with E-state index in [-0.39, 0.29) is 10.8 Å². The van der Waals surface area contributed by atoms with Crippen molar-refractivity contribution in [3.8, 4) is 0 Å². The molecule has 118 valence electrons. The molecule has 0 heterocycles. The van der Waals surface area contributed by atoms with Gasteiger partial charge in [-0.25, -0.2) is 0 Å². The molecular formula is C17H19BrO3S. The number of halogens is 1. The molecule has 0 spiro atoms. The molecule has 0 aliphatic heterocycles. The first-order valence-electron chi connectivity index (χ1n) is 7.05. The van der Waals surface area contributed by atoms with Crippen molar-refractivity contribution in [1.82, 2.24) is 0 Å². The smallest absolute Gasteiger partial charge is 0.263 e. The fourth-order valence-corrected chi connectivity index (χ4v) is 3.49. The highest BCUT2D eigenvalue weighted by Crippen LogP contribution is 2.25. The molecule has 0 bridgehead atoms. The SMILES string of the molecule is Cc1ccc([C@H](C)[C@@H](C)OS(=O)(=O)c2ccc(Br)cc2)cc1. The van der Waals surface area contributed by atoms with Gasteiger partial charge in [0.15, 0.2) is 0 Å². The lowest BCUT2D eigenvalue weighted by atomic mass is 9.96. The van der Waals surface area contributed by atoms with E-state index in [1.165, 1.54) is 17.7 Å². The Labute approximate surface area is 140 Å². The van der Waals surface area contributed by atoms with Crippen LogP contribution in [0, 0.1) is 6.92 Å². The molecule has 5 heteroatoms. The number of hydrogen-bond donors (Lipinski definition) is 0. The number of hydrogen-bond acceptors (Lipinski definition) is 3. The van der Waals surface area contributed by atoms with Crippen LogP contribution in [0.4, 0.5) is 0 Å². The Morgan fingerprint density at radius 3 is 2.05 bits per heavy atom. The topological polar surface area (TPSA) is 43.4 Å². The average molecular weight is 383 g/mol. The first kappa shape index (κ1) is 17.2. The van der Waals surface area contributed by atoms with Crippen molar-refractivity contribution >= 4 is 26.0 Å². The first-order valence-corrected chi connectivity index (χ1v) is 9.25. The van der Waals surface area contributed by atoms with Gasteiger partial charge in [0, 0.05) is 10.4 Å². The summed E-state index contributed by atoms with van der Waals surface area (Å²) in [7, 11) is -3.76. The normalized spacial score (nSPS) is 14.5. The lowest BCUT2D eigenvalue weighted by molar-refractivity contribution is 0.203. The van der Waals surface area contributed by atoms with Crippen LogP contribution in [0.5, 0.6) is 0 Å². The molecule has 0 unspecified atom stereocenters.